The molecule has 4 rings (SSSR count). The molecule has 1 heteroatoms. The molecule has 1 heterocycles. The zero-order chi connectivity index (χ0) is 13.9. The predicted octanol–water partition coefficient (Wildman–Crippen LogP) is 5.49. The first-order chi connectivity index (χ1) is 9.61. The lowest BCUT2D eigenvalue weighted by molar-refractivity contribution is 0.282. The number of benzene rings is 1. The quantitative estimate of drug-likeness (QED) is 0.649. The Morgan fingerprint density at radius 3 is 2.60 bits per heavy atom. The topological polar surface area (TPSA) is 15.8 Å². The van der Waals surface area contributed by atoms with E-state index >= 15 is 0 Å². The van der Waals surface area contributed by atoms with Crippen LogP contribution in [0.3, 0.4) is 0 Å². The first-order valence-corrected chi connectivity index (χ1v) is 8.24. The van der Waals surface area contributed by atoms with Gasteiger partial charge in [0.2, 0.25) is 0 Å². The maximum absolute atomic E-state index is 3.65. The highest BCUT2D eigenvalue weighted by Crippen LogP contribution is 2.55. The molecule has 0 saturated heterocycles. The van der Waals surface area contributed by atoms with Gasteiger partial charge in [-0.3, -0.25) is 0 Å². The lowest BCUT2D eigenvalue weighted by atomic mass is 9.69. The van der Waals surface area contributed by atoms with Crippen LogP contribution in [0, 0.1) is 13.8 Å². The van der Waals surface area contributed by atoms with Crippen LogP contribution in [-0.4, -0.2) is 4.98 Å². The van der Waals surface area contributed by atoms with Crippen molar-refractivity contribution in [1.29, 1.82) is 0 Å². The van der Waals surface area contributed by atoms with Crippen molar-refractivity contribution in [3.8, 4) is 0 Å². The smallest absolute Gasteiger partial charge is 0.0496 e. The van der Waals surface area contributed by atoms with Gasteiger partial charge in [0, 0.05) is 16.6 Å². The molecule has 1 spiro atoms. The molecule has 1 nitrogen and oxygen atoms in total. The van der Waals surface area contributed by atoms with Crippen LogP contribution in [0.5, 0.6) is 0 Å². The van der Waals surface area contributed by atoms with Crippen LogP contribution in [0.25, 0.3) is 10.9 Å². The molecule has 1 fully saturated rings. The second kappa shape index (κ2) is 4.13. The van der Waals surface area contributed by atoms with Gasteiger partial charge in [-0.1, -0.05) is 32.3 Å². The van der Waals surface area contributed by atoms with Gasteiger partial charge in [0.1, 0.15) is 0 Å². The molecule has 1 saturated carbocycles. The number of H-pyrrole nitrogens is 1. The highest BCUT2D eigenvalue weighted by atomic mass is 14.7. The molecular weight excluding hydrogens is 242 g/mol. The maximum Gasteiger partial charge on any atom is 0.0496 e. The first-order valence-electron chi connectivity index (χ1n) is 8.24. The molecule has 106 valence electrons. The minimum atomic E-state index is 0.505. The van der Waals surface area contributed by atoms with E-state index in [2.05, 4.69) is 37.9 Å². The second-order valence-electron chi connectivity index (χ2n) is 7.34. The minimum Gasteiger partial charge on any atom is -0.358 e. The highest BCUT2D eigenvalue weighted by Gasteiger charge is 2.43. The summed E-state index contributed by atoms with van der Waals surface area (Å²) in [4.78, 5) is 3.65. The number of rotatable bonds is 0. The van der Waals surface area contributed by atoms with Crippen molar-refractivity contribution >= 4 is 10.9 Å². The Hall–Kier alpha value is -1.24. The summed E-state index contributed by atoms with van der Waals surface area (Å²) in [7, 11) is 0. The summed E-state index contributed by atoms with van der Waals surface area (Å²) in [5.41, 5.74) is 8.03. The van der Waals surface area contributed by atoms with Gasteiger partial charge in [0.15, 0.2) is 0 Å². The number of fused-ring (bicyclic) bond motifs is 4. The monoisotopic (exact) mass is 267 g/mol. The number of nitrogens with one attached hydrogen (secondary N) is 1. The van der Waals surface area contributed by atoms with Gasteiger partial charge in [0.05, 0.1) is 0 Å². The van der Waals surface area contributed by atoms with E-state index in [-0.39, 0.29) is 0 Å². The minimum absolute atomic E-state index is 0.505. The lowest BCUT2D eigenvalue weighted by Crippen LogP contribution is -2.26. The van der Waals surface area contributed by atoms with Crippen molar-refractivity contribution in [2.24, 2.45) is 0 Å². The second-order valence-corrected chi connectivity index (χ2v) is 7.34. The number of aromatic nitrogens is 1. The van der Waals surface area contributed by atoms with Gasteiger partial charge in [-0.15, -0.1) is 0 Å². The Kier molecular flexibility index (Phi) is 2.58. The zero-order valence-corrected chi connectivity index (χ0v) is 13.0. The van der Waals surface area contributed by atoms with Crippen molar-refractivity contribution in [3.63, 3.8) is 0 Å². The fourth-order valence-electron chi connectivity index (χ4n) is 5.07. The van der Waals surface area contributed by atoms with Crippen LogP contribution in [0.2, 0.25) is 0 Å². The van der Waals surface area contributed by atoms with Crippen LogP contribution >= 0.6 is 0 Å². The predicted molar refractivity (Wildman–Crippen MR) is 85.6 cm³/mol. The normalized spacial score (nSPS) is 24.4. The fourth-order valence-corrected chi connectivity index (χ4v) is 5.07. The molecule has 1 aromatic heterocycles. The van der Waals surface area contributed by atoms with Crippen LogP contribution in [0.1, 0.15) is 73.8 Å². The summed E-state index contributed by atoms with van der Waals surface area (Å²) in [5, 5.41) is 1.45. The molecule has 0 aliphatic heterocycles. The number of hydrogen-bond donors (Lipinski definition) is 1. The first kappa shape index (κ1) is 12.5. The number of hydrogen-bond acceptors (Lipinski definition) is 0. The van der Waals surface area contributed by atoms with E-state index in [1.54, 1.807) is 11.1 Å². The Morgan fingerprint density at radius 2 is 1.85 bits per heavy atom. The Labute approximate surface area is 121 Å². The van der Waals surface area contributed by atoms with Gasteiger partial charge in [-0.05, 0) is 67.2 Å². The van der Waals surface area contributed by atoms with E-state index in [9.17, 15) is 0 Å². The van der Waals surface area contributed by atoms with E-state index in [4.69, 9.17) is 0 Å². The third-order valence-electron chi connectivity index (χ3n) is 5.87. The molecule has 1 aromatic carbocycles. The summed E-state index contributed by atoms with van der Waals surface area (Å²) >= 11 is 0. The van der Waals surface area contributed by atoms with Crippen molar-refractivity contribution in [1.82, 2.24) is 4.98 Å². The lowest BCUT2D eigenvalue weighted by Gasteiger charge is -2.35. The Balaban J connectivity index is 2.00. The number of aromatic amines is 1. The van der Waals surface area contributed by atoms with E-state index < -0.39 is 0 Å². The van der Waals surface area contributed by atoms with Crippen molar-refractivity contribution < 1.29 is 0 Å². The summed E-state index contributed by atoms with van der Waals surface area (Å²) in [5.74, 6) is 0.712. The molecule has 0 amide bonds. The average molecular weight is 267 g/mol. The Morgan fingerprint density at radius 1 is 1.10 bits per heavy atom. The summed E-state index contributed by atoms with van der Waals surface area (Å²) in [6, 6.07) is 4.85. The molecule has 2 aliphatic rings. The molecule has 1 atom stereocenters. The number of aryl methyl sites for hydroxylation is 2. The van der Waals surface area contributed by atoms with E-state index in [1.165, 1.54) is 60.7 Å². The summed E-state index contributed by atoms with van der Waals surface area (Å²) < 4.78 is 0. The van der Waals surface area contributed by atoms with Gasteiger partial charge >= 0.3 is 0 Å². The standard InChI is InChI=1S/C19H25N/c1-12-9-16-17(18-15(12)10-14(3)20-18)13(2)11-19(16)7-5-4-6-8-19/h9-10,13,20H,4-8,11H2,1-3H3. The van der Waals surface area contributed by atoms with Crippen molar-refractivity contribution in [3.05, 3.63) is 34.5 Å². The van der Waals surface area contributed by atoms with Crippen molar-refractivity contribution in [2.45, 2.75) is 70.6 Å². The zero-order valence-electron chi connectivity index (χ0n) is 13.0. The van der Waals surface area contributed by atoms with Gasteiger partial charge in [0.25, 0.3) is 0 Å². The third-order valence-corrected chi connectivity index (χ3v) is 5.87. The molecule has 1 unspecified atom stereocenters. The molecule has 2 aliphatic carbocycles. The van der Waals surface area contributed by atoms with Crippen LogP contribution < -0.4 is 0 Å². The van der Waals surface area contributed by atoms with Crippen LogP contribution in [0.4, 0.5) is 0 Å². The molecule has 1 N–H and O–H groups in total. The Bertz CT molecular complexity index is 671. The maximum atomic E-state index is 3.65. The van der Waals surface area contributed by atoms with E-state index in [0.717, 1.165) is 0 Å². The van der Waals surface area contributed by atoms with Crippen LogP contribution in [-0.2, 0) is 5.41 Å². The summed E-state index contributed by atoms with van der Waals surface area (Å²) in [6.45, 7) is 6.91. The fraction of sp³-hybridized carbons (Fsp3) is 0.579. The average Bonchev–Trinajstić information content (AvgIpc) is 2.91. The van der Waals surface area contributed by atoms with Gasteiger partial charge in [-0.25, -0.2) is 0 Å². The van der Waals surface area contributed by atoms with E-state index in [1.807, 2.05) is 0 Å². The van der Waals surface area contributed by atoms with Gasteiger partial charge in [-0.2, -0.15) is 0 Å². The molecule has 0 bridgehead atoms. The van der Waals surface area contributed by atoms with Crippen molar-refractivity contribution in [2.75, 3.05) is 0 Å². The molecule has 2 aromatic rings. The third kappa shape index (κ3) is 1.55. The molecular formula is C19H25N. The largest absolute Gasteiger partial charge is 0.358 e. The summed E-state index contributed by atoms with van der Waals surface area (Å²) in [6.07, 6.45) is 8.48. The molecule has 20 heavy (non-hydrogen) atoms. The SMILES string of the molecule is Cc1cc2c(C)cc3c(c2[nH]1)C(C)CC31CCCCC1. The van der Waals surface area contributed by atoms with E-state index in [0.29, 0.717) is 11.3 Å². The molecule has 0 radical (unpaired) electrons. The highest BCUT2D eigenvalue weighted by molar-refractivity contribution is 5.89. The van der Waals surface area contributed by atoms with Gasteiger partial charge < -0.3 is 4.98 Å². The van der Waals surface area contributed by atoms with Crippen LogP contribution in [0.15, 0.2) is 12.1 Å².